The number of rotatable bonds is 7. The van der Waals surface area contributed by atoms with E-state index in [2.05, 4.69) is 54.0 Å². The lowest BCUT2D eigenvalue weighted by Gasteiger charge is -2.25. The molecule has 0 radical (unpaired) electrons. The molecular formula is C27H31F3N4O5S. The van der Waals surface area contributed by atoms with Crippen molar-refractivity contribution >= 4 is 39.8 Å². The molecule has 3 aromatic heterocycles. The van der Waals surface area contributed by atoms with Gasteiger partial charge in [0.15, 0.2) is 0 Å². The number of carbonyl (C=O) groups excluding carboxylic acids is 2. The number of halogens is 3. The molecule has 9 nitrogen and oxygen atoms in total. The van der Waals surface area contributed by atoms with Crippen LogP contribution in [0.4, 0.5) is 13.2 Å². The summed E-state index contributed by atoms with van der Waals surface area (Å²) in [5.74, 6) is -2.64. The lowest BCUT2D eigenvalue weighted by molar-refractivity contribution is -0.192. The molecule has 1 aliphatic carbocycles. The van der Waals surface area contributed by atoms with Crippen molar-refractivity contribution in [2.45, 2.75) is 46.1 Å². The second-order valence-electron chi connectivity index (χ2n) is 10.5. The first-order valence-corrected chi connectivity index (χ1v) is 13.6. The molecule has 2 aliphatic rings. The molecular weight excluding hydrogens is 549 g/mol. The van der Waals surface area contributed by atoms with Gasteiger partial charge in [0, 0.05) is 47.5 Å². The number of aliphatic carboxylic acids is 1. The predicted octanol–water partition coefficient (Wildman–Crippen LogP) is 4.16. The first-order chi connectivity index (χ1) is 18.8. The van der Waals surface area contributed by atoms with E-state index >= 15 is 0 Å². The van der Waals surface area contributed by atoms with Crippen LogP contribution in [0.5, 0.6) is 0 Å². The Kier molecular flexibility index (Phi) is 8.66. The van der Waals surface area contributed by atoms with Crippen LogP contribution >= 0.6 is 11.3 Å². The fraction of sp³-hybridized carbons (Fsp3) is 0.481. The van der Waals surface area contributed by atoms with E-state index in [4.69, 9.17) is 14.6 Å². The average Bonchev–Trinajstić information content (AvgIpc) is 3.28. The first-order valence-electron chi connectivity index (χ1n) is 12.8. The van der Waals surface area contributed by atoms with E-state index in [1.807, 2.05) is 18.3 Å². The summed E-state index contributed by atoms with van der Waals surface area (Å²) in [6.45, 7) is 9.78. The smallest absolute Gasteiger partial charge is 0.475 e. The zero-order chi connectivity index (χ0) is 29.2. The molecule has 13 heteroatoms. The van der Waals surface area contributed by atoms with Crippen molar-refractivity contribution in [3.05, 3.63) is 41.5 Å². The van der Waals surface area contributed by atoms with Crippen molar-refractivity contribution in [1.29, 1.82) is 0 Å². The molecule has 3 aromatic rings. The maximum absolute atomic E-state index is 12.9. The molecule has 2 N–H and O–H groups in total. The summed E-state index contributed by atoms with van der Waals surface area (Å²) >= 11 is 1.60. The fourth-order valence-corrected chi connectivity index (χ4v) is 6.12. The zero-order valence-electron chi connectivity index (χ0n) is 22.3. The third kappa shape index (κ3) is 6.37. The van der Waals surface area contributed by atoms with E-state index in [9.17, 15) is 22.8 Å². The Hall–Kier alpha value is -3.29. The molecule has 40 heavy (non-hydrogen) atoms. The molecule has 4 heterocycles. The second kappa shape index (κ2) is 11.7. The quantitative estimate of drug-likeness (QED) is 0.404. The van der Waals surface area contributed by atoms with Gasteiger partial charge in [-0.2, -0.15) is 13.2 Å². The number of aromatic nitrogens is 2. The third-order valence-corrected chi connectivity index (χ3v) is 8.73. The highest BCUT2D eigenvalue weighted by molar-refractivity contribution is 7.19. The van der Waals surface area contributed by atoms with Crippen molar-refractivity contribution in [3.8, 4) is 11.3 Å². The molecule has 3 atom stereocenters. The van der Waals surface area contributed by atoms with Crippen LogP contribution in [0.15, 0.2) is 36.7 Å². The molecule has 3 unspecified atom stereocenters. The highest BCUT2D eigenvalue weighted by atomic mass is 32.1. The fourth-order valence-electron chi connectivity index (χ4n) is 4.98. The summed E-state index contributed by atoms with van der Waals surface area (Å²) in [6.07, 6.45) is -0.367. The van der Waals surface area contributed by atoms with E-state index in [1.54, 1.807) is 11.3 Å². The molecule has 2 amide bonds. The number of alkyl halides is 3. The Morgan fingerprint density at radius 2 is 2.05 bits per heavy atom. The molecule has 0 spiro atoms. The number of carboxylic acids is 1. The normalized spacial score (nSPS) is 21.8. The van der Waals surface area contributed by atoms with Crippen LogP contribution < -0.4 is 5.32 Å². The number of ether oxygens (including phenoxy) is 1. The lowest BCUT2D eigenvalue weighted by atomic mass is 10.1. The second-order valence-corrected chi connectivity index (χ2v) is 11.6. The van der Waals surface area contributed by atoms with Crippen molar-refractivity contribution in [2.75, 3.05) is 19.7 Å². The van der Waals surface area contributed by atoms with Crippen LogP contribution in [0, 0.1) is 17.3 Å². The van der Waals surface area contributed by atoms with E-state index in [0.717, 1.165) is 52.6 Å². The Bertz CT molecular complexity index is 1380. The van der Waals surface area contributed by atoms with Gasteiger partial charge in [-0.05, 0) is 35.6 Å². The minimum Gasteiger partial charge on any atom is -0.475 e. The van der Waals surface area contributed by atoms with Gasteiger partial charge in [-0.25, -0.2) is 4.79 Å². The molecule has 0 aromatic carbocycles. The number of amides is 2. The minimum atomic E-state index is -5.08. The highest BCUT2D eigenvalue weighted by Crippen LogP contribution is 2.58. The van der Waals surface area contributed by atoms with Crippen molar-refractivity contribution in [3.63, 3.8) is 0 Å². The number of morpholine rings is 1. The maximum Gasteiger partial charge on any atom is 0.490 e. The monoisotopic (exact) mass is 580 g/mol. The van der Waals surface area contributed by atoms with E-state index in [-0.39, 0.29) is 29.9 Å². The number of pyridine rings is 1. The van der Waals surface area contributed by atoms with Crippen LogP contribution in [0.3, 0.4) is 0 Å². The molecule has 1 saturated carbocycles. The summed E-state index contributed by atoms with van der Waals surface area (Å²) in [5.41, 5.74) is 3.05. The number of carboxylic acid groups (broad SMARTS) is 1. The number of carbonyl (C=O) groups is 3. The van der Waals surface area contributed by atoms with Gasteiger partial charge in [0.1, 0.15) is 0 Å². The highest BCUT2D eigenvalue weighted by Gasteiger charge is 2.59. The molecule has 216 valence electrons. The van der Waals surface area contributed by atoms with Gasteiger partial charge >= 0.3 is 12.1 Å². The van der Waals surface area contributed by atoms with Crippen LogP contribution in [-0.4, -0.2) is 69.8 Å². The number of imide groups is 1. The maximum atomic E-state index is 12.9. The summed E-state index contributed by atoms with van der Waals surface area (Å²) in [7, 11) is 0. The average molecular weight is 581 g/mol. The molecule has 5 rings (SSSR count). The van der Waals surface area contributed by atoms with Crippen LogP contribution in [-0.2, 0) is 32.2 Å². The molecule has 2 fully saturated rings. The summed E-state index contributed by atoms with van der Waals surface area (Å²) in [5, 5.41) is 10.5. The topological polar surface area (TPSA) is 114 Å². The number of nitrogens with one attached hydrogen (secondary N) is 1. The van der Waals surface area contributed by atoms with Crippen LogP contribution in [0.25, 0.3) is 21.5 Å². The van der Waals surface area contributed by atoms with Crippen molar-refractivity contribution in [2.24, 2.45) is 17.3 Å². The SMILES string of the molecule is CC1C(C(=O)N(C=O)Cc2cc3nccc(-c4cccn4CC4CNCCO4)c3s2)C1(C)C.O=C(O)C(F)(F)F. The molecule has 0 bridgehead atoms. The van der Waals surface area contributed by atoms with Gasteiger partial charge in [-0.1, -0.05) is 20.8 Å². The number of nitrogens with zero attached hydrogens (tertiary/aromatic N) is 3. The Morgan fingerprint density at radius 3 is 2.62 bits per heavy atom. The van der Waals surface area contributed by atoms with Gasteiger partial charge in [0.25, 0.3) is 0 Å². The lowest BCUT2D eigenvalue weighted by Crippen LogP contribution is -2.40. The van der Waals surface area contributed by atoms with Gasteiger partial charge in [0.05, 0.1) is 36.0 Å². The Labute approximate surface area is 232 Å². The van der Waals surface area contributed by atoms with Crippen molar-refractivity contribution < 1.29 is 37.4 Å². The van der Waals surface area contributed by atoms with E-state index < -0.39 is 12.1 Å². The van der Waals surface area contributed by atoms with Gasteiger partial charge in [-0.3, -0.25) is 19.5 Å². The summed E-state index contributed by atoms with van der Waals surface area (Å²) < 4.78 is 40.9. The largest absolute Gasteiger partial charge is 0.490 e. The number of fused-ring (bicyclic) bond motifs is 1. The minimum absolute atomic E-state index is 0.0454. The van der Waals surface area contributed by atoms with Crippen molar-refractivity contribution in [1.82, 2.24) is 19.8 Å². The summed E-state index contributed by atoms with van der Waals surface area (Å²) in [6, 6.07) is 8.20. The first kappa shape index (κ1) is 29.7. The molecule has 1 saturated heterocycles. The van der Waals surface area contributed by atoms with Crippen LogP contribution in [0.2, 0.25) is 0 Å². The van der Waals surface area contributed by atoms with Gasteiger partial charge < -0.3 is 19.7 Å². The van der Waals surface area contributed by atoms with E-state index in [0.29, 0.717) is 12.3 Å². The Morgan fingerprint density at radius 1 is 1.35 bits per heavy atom. The predicted molar refractivity (Wildman–Crippen MR) is 142 cm³/mol. The van der Waals surface area contributed by atoms with Gasteiger partial charge in [0.2, 0.25) is 12.3 Å². The number of thiophene rings is 1. The zero-order valence-corrected chi connectivity index (χ0v) is 23.1. The Balaban J connectivity index is 0.000000470. The van der Waals surface area contributed by atoms with Crippen LogP contribution in [0.1, 0.15) is 25.6 Å². The van der Waals surface area contributed by atoms with E-state index in [1.165, 1.54) is 4.90 Å². The molecule has 1 aliphatic heterocycles. The van der Waals surface area contributed by atoms with Gasteiger partial charge in [-0.15, -0.1) is 11.3 Å². The number of hydrogen-bond donors (Lipinski definition) is 2. The number of hydrogen-bond acceptors (Lipinski definition) is 7. The standard InChI is InChI=1S/C25H30N4O3S.C2HF3O2/c1-16-22(25(16,2)3)24(31)29(15-30)14-18-11-20-23(33-18)19(6-7-27-20)21-5-4-9-28(21)13-17-12-26-8-10-32-17;3-2(4,5)1(6)7/h4-7,9,11,15-17,22,26H,8,10,12-14H2,1-3H3;(H,6,7). The summed E-state index contributed by atoms with van der Waals surface area (Å²) in [4.78, 5) is 40.4. The third-order valence-electron chi connectivity index (χ3n) is 7.58.